The Kier molecular flexibility index (Phi) is 4.13. The Hall–Kier alpha value is -1.33. The molecule has 0 aromatic carbocycles. The maximum Gasteiger partial charge on any atom is 0.155 e. The Bertz CT molecular complexity index is 792. The molecular formula is C24H28OS. The van der Waals surface area contributed by atoms with Crippen LogP contribution in [0.3, 0.4) is 0 Å². The second-order valence-electron chi connectivity index (χ2n) is 9.32. The summed E-state index contributed by atoms with van der Waals surface area (Å²) in [5.74, 6) is 11.2. The SMILES string of the molecule is C[C@@]12CCC[C@H]1[C@@H]1CCC3=CC(=O)CC[C@@H]3[C@H]1[C@@H](C#Cc1cccs1)C2. The highest BCUT2D eigenvalue weighted by molar-refractivity contribution is 7.10. The summed E-state index contributed by atoms with van der Waals surface area (Å²) in [5.41, 5.74) is 1.97. The molecule has 3 saturated carbocycles. The van der Waals surface area contributed by atoms with E-state index < -0.39 is 0 Å². The van der Waals surface area contributed by atoms with Gasteiger partial charge in [-0.25, -0.2) is 0 Å². The van der Waals surface area contributed by atoms with Crippen LogP contribution in [0.2, 0.25) is 0 Å². The first kappa shape index (κ1) is 16.8. The van der Waals surface area contributed by atoms with Crippen molar-refractivity contribution in [1.29, 1.82) is 0 Å². The molecule has 0 saturated heterocycles. The molecular weight excluding hydrogens is 336 g/mol. The number of fused-ring (bicyclic) bond motifs is 5. The zero-order chi connectivity index (χ0) is 17.7. The summed E-state index contributed by atoms with van der Waals surface area (Å²) in [6.07, 6.45) is 11.8. The molecule has 1 aromatic rings. The molecule has 0 amide bonds. The highest BCUT2D eigenvalue weighted by Gasteiger charge is 2.55. The molecule has 1 heterocycles. The normalized spacial score (nSPS) is 41.3. The predicted octanol–water partition coefficient (Wildman–Crippen LogP) is 5.86. The Labute approximate surface area is 161 Å². The molecule has 0 unspecified atom stereocenters. The second kappa shape index (κ2) is 6.38. The van der Waals surface area contributed by atoms with Crippen LogP contribution in [0.5, 0.6) is 0 Å². The molecule has 3 fully saturated rings. The molecule has 2 heteroatoms. The fraction of sp³-hybridized carbons (Fsp3) is 0.625. The number of hydrogen-bond donors (Lipinski definition) is 0. The van der Waals surface area contributed by atoms with E-state index in [1.54, 1.807) is 11.3 Å². The van der Waals surface area contributed by atoms with E-state index in [1.165, 1.54) is 42.6 Å². The van der Waals surface area contributed by atoms with Gasteiger partial charge in [-0.1, -0.05) is 36.8 Å². The van der Waals surface area contributed by atoms with E-state index in [9.17, 15) is 4.79 Å². The molecule has 1 nitrogen and oxygen atoms in total. The highest BCUT2D eigenvalue weighted by atomic mass is 32.1. The Balaban J connectivity index is 1.53. The first-order valence-electron chi connectivity index (χ1n) is 10.4. The standard InChI is InChI=1S/C24H28OS/c1-24-12-2-5-22(24)21-10-7-16-14-18(25)8-11-20(16)23(21)17(15-24)6-9-19-4-3-13-26-19/h3-4,13-14,17,20-23H,2,5,7-8,10-12,15H2,1H3/t17-,20-,21-,22-,23+,24-/m0/s1. The van der Waals surface area contributed by atoms with E-state index in [4.69, 9.17) is 0 Å². The smallest absolute Gasteiger partial charge is 0.155 e. The van der Waals surface area contributed by atoms with Gasteiger partial charge in [0.2, 0.25) is 0 Å². The Morgan fingerprint density at radius 3 is 3.00 bits per heavy atom. The lowest BCUT2D eigenvalue weighted by molar-refractivity contribution is -0.116. The third kappa shape index (κ3) is 2.71. The molecule has 1 aromatic heterocycles. The highest BCUT2D eigenvalue weighted by Crippen LogP contribution is 2.63. The number of ketones is 1. The minimum absolute atomic E-state index is 0.359. The van der Waals surface area contributed by atoms with Gasteiger partial charge < -0.3 is 0 Å². The summed E-state index contributed by atoms with van der Waals surface area (Å²) >= 11 is 1.75. The zero-order valence-electron chi connectivity index (χ0n) is 15.7. The van der Waals surface area contributed by atoms with Gasteiger partial charge in [-0.05, 0) is 85.1 Å². The second-order valence-corrected chi connectivity index (χ2v) is 10.3. The van der Waals surface area contributed by atoms with Gasteiger partial charge in [-0.3, -0.25) is 4.79 Å². The lowest BCUT2D eigenvalue weighted by Crippen LogP contribution is -2.48. The monoisotopic (exact) mass is 364 g/mol. The van der Waals surface area contributed by atoms with Crippen LogP contribution in [0.15, 0.2) is 29.2 Å². The van der Waals surface area contributed by atoms with E-state index in [1.807, 2.05) is 6.08 Å². The molecule has 0 spiro atoms. The average Bonchev–Trinajstić information content (AvgIpc) is 3.28. The van der Waals surface area contributed by atoms with Crippen molar-refractivity contribution in [2.75, 3.05) is 0 Å². The van der Waals surface area contributed by atoms with Crippen molar-refractivity contribution >= 4 is 17.1 Å². The van der Waals surface area contributed by atoms with Crippen LogP contribution >= 0.6 is 11.3 Å². The number of thiophene rings is 1. The summed E-state index contributed by atoms with van der Waals surface area (Å²) in [6, 6.07) is 4.24. The molecule has 4 aliphatic carbocycles. The van der Waals surface area contributed by atoms with Gasteiger partial charge in [-0.2, -0.15) is 0 Å². The number of hydrogen-bond acceptors (Lipinski definition) is 2. The van der Waals surface area contributed by atoms with Gasteiger partial charge in [0.05, 0.1) is 4.88 Å². The van der Waals surface area contributed by atoms with Crippen molar-refractivity contribution in [2.24, 2.45) is 35.0 Å². The summed E-state index contributed by atoms with van der Waals surface area (Å²) in [6.45, 7) is 2.55. The van der Waals surface area contributed by atoms with Crippen molar-refractivity contribution < 1.29 is 4.79 Å². The van der Waals surface area contributed by atoms with Gasteiger partial charge in [0.15, 0.2) is 5.78 Å². The molecule has 26 heavy (non-hydrogen) atoms. The average molecular weight is 365 g/mol. The van der Waals surface area contributed by atoms with Crippen molar-refractivity contribution in [3.8, 4) is 11.8 Å². The van der Waals surface area contributed by atoms with Gasteiger partial charge in [0.1, 0.15) is 0 Å². The fourth-order valence-electron chi connectivity index (χ4n) is 6.98. The maximum absolute atomic E-state index is 12.0. The van der Waals surface area contributed by atoms with Crippen LogP contribution in [-0.4, -0.2) is 5.78 Å². The summed E-state index contributed by atoms with van der Waals surface area (Å²) < 4.78 is 0. The summed E-state index contributed by atoms with van der Waals surface area (Å²) in [7, 11) is 0. The molecule has 0 bridgehead atoms. The zero-order valence-corrected chi connectivity index (χ0v) is 16.5. The lowest BCUT2D eigenvalue weighted by atomic mass is 9.49. The Morgan fingerprint density at radius 1 is 1.23 bits per heavy atom. The number of carbonyl (C=O) groups excluding carboxylic acids is 1. The maximum atomic E-state index is 12.0. The van der Waals surface area contributed by atoms with Gasteiger partial charge in [-0.15, -0.1) is 11.3 Å². The van der Waals surface area contributed by atoms with E-state index in [0.29, 0.717) is 29.0 Å². The van der Waals surface area contributed by atoms with E-state index >= 15 is 0 Å². The predicted molar refractivity (Wildman–Crippen MR) is 107 cm³/mol. The quantitative estimate of drug-likeness (QED) is 0.527. The van der Waals surface area contributed by atoms with Crippen molar-refractivity contribution in [1.82, 2.24) is 0 Å². The van der Waals surface area contributed by atoms with Gasteiger partial charge >= 0.3 is 0 Å². The molecule has 0 radical (unpaired) electrons. The van der Waals surface area contributed by atoms with E-state index in [0.717, 1.165) is 31.1 Å². The molecule has 0 aliphatic heterocycles. The summed E-state index contributed by atoms with van der Waals surface area (Å²) in [4.78, 5) is 13.2. The van der Waals surface area contributed by atoms with Gasteiger partial charge in [0.25, 0.3) is 0 Å². The van der Waals surface area contributed by atoms with Crippen LogP contribution in [0.4, 0.5) is 0 Å². The van der Waals surface area contributed by atoms with Crippen LogP contribution < -0.4 is 0 Å². The number of allylic oxidation sites excluding steroid dienone is 1. The van der Waals surface area contributed by atoms with Crippen LogP contribution in [0, 0.1) is 46.8 Å². The third-order valence-corrected chi connectivity index (χ3v) is 8.76. The van der Waals surface area contributed by atoms with E-state index in [2.05, 4.69) is 36.3 Å². The van der Waals surface area contributed by atoms with Gasteiger partial charge in [0, 0.05) is 12.3 Å². The summed E-state index contributed by atoms with van der Waals surface area (Å²) in [5, 5.41) is 2.12. The van der Waals surface area contributed by atoms with E-state index in [-0.39, 0.29) is 0 Å². The molecule has 4 aliphatic rings. The topological polar surface area (TPSA) is 17.1 Å². The first-order valence-corrected chi connectivity index (χ1v) is 11.3. The van der Waals surface area contributed by atoms with Crippen LogP contribution in [-0.2, 0) is 4.79 Å². The van der Waals surface area contributed by atoms with Crippen LogP contribution in [0.1, 0.15) is 63.2 Å². The fourth-order valence-corrected chi connectivity index (χ4v) is 7.56. The van der Waals surface area contributed by atoms with Crippen molar-refractivity contribution in [3.05, 3.63) is 34.0 Å². The Morgan fingerprint density at radius 2 is 2.15 bits per heavy atom. The van der Waals surface area contributed by atoms with Crippen molar-refractivity contribution in [2.45, 2.75) is 58.3 Å². The number of carbonyl (C=O) groups is 1. The lowest BCUT2D eigenvalue weighted by Gasteiger charge is -2.55. The number of rotatable bonds is 0. The minimum atomic E-state index is 0.359. The largest absolute Gasteiger partial charge is 0.295 e. The molecule has 6 atom stereocenters. The molecule has 5 rings (SSSR count). The third-order valence-electron chi connectivity index (χ3n) is 7.98. The molecule has 0 N–H and O–H groups in total. The van der Waals surface area contributed by atoms with Crippen LogP contribution in [0.25, 0.3) is 0 Å². The van der Waals surface area contributed by atoms with Crippen molar-refractivity contribution in [3.63, 3.8) is 0 Å². The first-order chi connectivity index (χ1) is 12.6. The minimum Gasteiger partial charge on any atom is -0.295 e. The molecule has 136 valence electrons.